The summed E-state index contributed by atoms with van der Waals surface area (Å²) in [5, 5.41) is 57.2. The van der Waals surface area contributed by atoms with E-state index >= 15 is 0 Å². The summed E-state index contributed by atoms with van der Waals surface area (Å²) in [5.41, 5.74) is 0. The van der Waals surface area contributed by atoms with Crippen molar-refractivity contribution in [1.29, 1.82) is 0 Å². The Morgan fingerprint density at radius 2 is 0.812 bits per heavy atom. The molecule has 0 aromatic carbocycles. The van der Waals surface area contributed by atoms with Gasteiger partial charge in [-0.05, 0) is 83.5 Å². The van der Waals surface area contributed by atoms with Crippen LogP contribution in [0.25, 0.3) is 0 Å². The average Bonchev–Trinajstić information content (AvgIpc) is 3.69. The Morgan fingerprint density at radius 1 is 0.459 bits per heavy atom. The van der Waals surface area contributed by atoms with Gasteiger partial charge in [-0.15, -0.1) is 0 Å². The standard InChI is InChI=1S/C74H137NO10/c1-4-7-10-13-16-19-22-24-26-28-30-32-33-34-36-37-39-41-43-46-49-52-55-58-61-67(78)73(82)75-65(66(77)60-57-54-51-48-45-21-18-15-12-9-6-3)64-83-74-72(71(81)70(80)68(63-76)84-74)85-69(79)62-59-56-53-50-47-44-42-40-38-35-31-29-27-25-23-20-17-14-11-8-5-2/h16,19,24-27,57,60,65-68,70-72,74,76-78,80-81H,4-15,17-18,20-23,28-56,58-59,61-64H2,1-3H3,(H,75,82)/b19-16-,26-24-,27-25+,60-57+. The van der Waals surface area contributed by atoms with E-state index in [0.29, 0.717) is 19.3 Å². The number of carbonyl (C=O) groups is 2. The monoisotopic (exact) mass is 1200 g/mol. The van der Waals surface area contributed by atoms with E-state index in [1.807, 2.05) is 6.08 Å². The van der Waals surface area contributed by atoms with Gasteiger partial charge in [-0.25, -0.2) is 0 Å². The second-order valence-corrected chi connectivity index (χ2v) is 25.3. The van der Waals surface area contributed by atoms with Gasteiger partial charge >= 0.3 is 5.97 Å². The van der Waals surface area contributed by atoms with Gasteiger partial charge in [-0.1, -0.05) is 307 Å². The predicted molar refractivity (Wildman–Crippen MR) is 357 cm³/mol. The van der Waals surface area contributed by atoms with E-state index in [9.17, 15) is 35.1 Å². The van der Waals surface area contributed by atoms with Crippen LogP contribution in [0.5, 0.6) is 0 Å². The van der Waals surface area contributed by atoms with Crippen LogP contribution in [0.1, 0.15) is 348 Å². The van der Waals surface area contributed by atoms with Crippen molar-refractivity contribution in [2.24, 2.45) is 0 Å². The maximum Gasteiger partial charge on any atom is 0.306 e. The Bertz CT molecular complexity index is 1570. The molecule has 85 heavy (non-hydrogen) atoms. The van der Waals surface area contributed by atoms with Crippen molar-refractivity contribution in [2.45, 2.75) is 397 Å². The molecular weight excluding hydrogens is 1060 g/mol. The van der Waals surface area contributed by atoms with E-state index in [2.05, 4.69) is 62.5 Å². The molecule has 1 rings (SSSR count). The van der Waals surface area contributed by atoms with E-state index in [-0.39, 0.29) is 13.0 Å². The molecule has 0 saturated carbocycles. The fourth-order valence-electron chi connectivity index (χ4n) is 11.4. The second-order valence-electron chi connectivity index (χ2n) is 25.3. The molecule has 11 nitrogen and oxygen atoms in total. The zero-order valence-electron chi connectivity index (χ0n) is 55.5. The fraction of sp³-hybridized carbons (Fsp3) is 0.865. The van der Waals surface area contributed by atoms with Crippen molar-refractivity contribution >= 4 is 11.9 Å². The van der Waals surface area contributed by atoms with E-state index in [4.69, 9.17) is 14.2 Å². The molecule has 0 radical (unpaired) electrons. The van der Waals surface area contributed by atoms with Crippen molar-refractivity contribution in [1.82, 2.24) is 5.32 Å². The number of aliphatic hydroxyl groups is 5. The lowest BCUT2D eigenvalue weighted by Crippen LogP contribution is -2.61. The molecule has 1 heterocycles. The third-order valence-electron chi connectivity index (χ3n) is 17.2. The Morgan fingerprint density at radius 3 is 1.24 bits per heavy atom. The Balaban J connectivity index is 2.53. The topological polar surface area (TPSA) is 175 Å². The number of esters is 1. The summed E-state index contributed by atoms with van der Waals surface area (Å²) in [4.78, 5) is 26.7. The molecule has 1 fully saturated rings. The van der Waals surface area contributed by atoms with Crippen molar-refractivity contribution in [3.8, 4) is 0 Å². The van der Waals surface area contributed by atoms with Crippen molar-refractivity contribution in [2.75, 3.05) is 13.2 Å². The molecule has 1 amide bonds. The van der Waals surface area contributed by atoms with Crippen LogP contribution in [0.3, 0.4) is 0 Å². The number of hydrogen-bond acceptors (Lipinski definition) is 10. The maximum absolute atomic E-state index is 13.5. The molecule has 0 aromatic rings. The SMILES string of the molecule is CCCCC/C=C\C/C=C\CCCCCCCCCCCCCCCCC(O)C(=O)NC(COC1OC(CO)C(O)C(O)C1OC(=O)CCCCCCCCCCCCC/C=C/CCCCCCCC)C(O)/C=C/CCCCCCCCCCC. The van der Waals surface area contributed by atoms with Gasteiger partial charge in [-0.2, -0.15) is 0 Å². The molecule has 8 unspecified atom stereocenters. The predicted octanol–water partition coefficient (Wildman–Crippen LogP) is 18.7. The summed E-state index contributed by atoms with van der Waals surface area (Å²) in [6.45, 7) is 5.80. The molecule has 1 aliphatic heterocycles. The number of rotatable bonds is 63. The smallest absolute Gasteiger partial charge is 0.306 e. The number of allylic oxidation sites excluding steroid dienone is 7. The van der Waals surface area contributed by atoms with Gasteiger partial charge in [0.25, 0.3) is 0 Å². The summed E-state index contributed by atoms with van der Waals surface area (Å²) in [7, 11) is 0. The number of aliphatic hydroxyl groups excluding tert-OH is 5. The molecule has 0 spiro atoms. The van der Waals surface area contributed by atoms with Crippen LogP contribution < -0.4 is 5.32 Å². The first-order chi connectivity index (χ1) is 41.7. The van der Waals surface area contributed by atoms with Crippen LogP contribution in [-0.4, -0.2) is 99.6 Å². The van der Waals surface area contributed by atoms with Gasteiger partial charge in [0, 0.05) is 6.42 Å². The lowest BCUT2D eigenvalue weighted by atomic mass is 9.99. The number of nitrogens with one attached hydrogen (secondary N) is 1. The zero-order chi connectivity index (χ0) is 61.7. The van der Waals surface area contributed by atoms with Crippen LogP contribution in [0.4, 0.5) is 0 Å². The number of carbonyl (C=O) groups excluding carboxylic acids is 2. The average molecular weight is 1200 g/mol. The van der Waals surface area contributed by atoms with E-state index in [0.717, 1.165) is 64.2 Å². The first-order valence-corrected chi connectivity index (χ1v) is 36.4. The van der Waals surface area contributed by atoms with Gasteiger partial charge in [0.05, 0.1) is 25.4 Å². The summed E-state index contributed by atoms with van der Waals surface area (Å²) in [5.74, 6) is -1.18. The molecule has 11 heteroatoms. The highest BCUT2D eigenvalue weighted by Gasteiger charge is 2.47. The minimum absolute atomic E-state index is 0.125. The summed E-state index contributed by atoms with van der Waals surface area (Å²) >= 11 is 0. The van der Waals surface area contributed by atoms with Crippen LogP contribution in [0.2, 0.25) is 0 Å². The summed E-state index contributed by atoms with van der Waals surface area (Å²) < 4.78 is 17.7. The van der Waals surface area contributed by atoms with Gasteiger partial charge in [0.1, 0.15) is 24.4 Å². The minimum atomic E-state index is -1.61. The Kier molecular flexibility index (Phi) is 58.7. The minimum Gasteiger partial charge on any atom is -0.454 e. The third kappa shape index (κ3) is 49.1. The van der Waals surface area contributed by atoms with Crippen LogP contribution >= 0.6 is 0 Å². The molecule has 6 N–H and O–H groups in total. The molecule has 0 bridgehead atoms. The number of unbranched alkanes of at least 4 members (excludes halogenated alkanes) is 43. The second kappa shape index (κ2) is 61.8. The molecular formula is C74H137NO10. The van der Waals surface area contributed by atoms with Crippen LogP contribution in [0.15, 0.2) is 48.6 Å². The van der Waals surface area contributed by atoms with Crippen LogP contribution in [0, 0.1) is 0 Å². The van der Waals surface area contributed by atoms with E-state index in [1.165, 1.54) is 238 Å². The lowest BCUT2D eigenvalue weighted by Gasteiger charge is -2.41. The molecule has 1 aliphatic rings. The molecule has 0 aromatic heterocycles. The molecule has 0 aliphatic carbocycles. The summed E-state index contributed by atoms with van der Waals surface area (Å²) in [6, 6.07) is -1.02. The molecule has 1 saturated heterocycles. The van der Waals surface area contributed by atoms with Gasteiger partial charge in [-0.3, -0.25) is 9.59 Å². The van der Waals surface area contributed by atoms with Crippen molar-refractivity contribution in [3.05, 3.63) is 48.6 Å². The molecule has 498 valence electrons. The Labute approximate surface area is 523 Å². The van der Waals surface area contributed by atoms with Gasteiger partial charge in [0.2, 0.25) is 5.91 Å². The number of amides is 1. The van der Waals surface area contributed by atoms with Gasteiger partial charge < -0.3 is 45.1 Å². The Hall–Kier alpha value is -2.38. The highest BCUT2D eigenvalue weighted by molar-refractivity contribution is 5.80. The number of ether oxygens (including phenoxy) is 3. The van der Waals surface area contributed by atoms with E-state index < -0.39 is 67.4 Å². The highest BCUT2D eigenvalue weighted by atomic mass is 16.7. The fourth-order valence-corrected chi connectivity index (χ4v) is 11.4. The summed E-state index contributed by atoms with van der Waals surface area (Å²) in [6.07, 6.45) is 67.3. The highest BCUT2D eigenvalue weighted by Crippen LogP contribution is 2.26. The molecule has 8 atom stereocenters. The first kappa shape index (κ1) is 80.6. The largest absolute Gasteiger partial charge is 0.454 e. The maximum atomic E-state index is 13.5. The number of hydrogen-bond donors (Lipinski definition) is 6. The third-order valence-corrected chi connectivity index (χ3v) is 17.2. The quantitative estimate of drug-likeness (QED) is 0.0195. The van der Waals surface area contributed by atoms with Gasteiger partial charge in [0.15, 0.2) is 12.4 Å². The first-order valence-electron chi connectivity index (χ1n) is 36.4. The van der Waals surface area contributed by atoms with E-state index in [1.54, 1.807) is 6.08 Å². The van der Waals surface area contributed by atoms with Crippen molar-refractivity contribution in [3.63, 3.8) is 0 Å². The lowest BCUT2D eigenvalue weighted by molar-refractivity contribution is -0.305. The zero-order valence-corrected chi connectivity index (χ0v) is 55.5. The van der Waals surface area contributed by atoms with Crippen molar-refractivity contribution < 1.29 is 49.3 Å². The normalized spacial score (nSPS) is 18.6. The van der Waals surface area contributed by atoms with Crippen LogP contribution in [-0.2, 0) is 23.8 Å².